The zero-order valence-corrected chi connectivity index (χ0v) is 13.2. The molecule has 0 bridgehead atoms. The summed E-state index contributed by atoms with van der Waals surface area (Å²) in [6.45, 7) is 9.36. The molecule has 2 aliphatic heterocycles. The molecule has 2 aliphatic rings. The molecule has 2 nitrogen and oxygen atoms in total. The van der Waals surface area contributed by atoms with E-state index in [2.05, 4.69) is 49.2 Å². The fourth-order valence-electron chi connectivity index (χ4n) is 4.08. The normalized spacial score (nSPS) is 28.4. The van der Waals surface area contributed by atoms with Crippen molar-refractivity contribution in [2.45, 2.75) is 64.6 Å². The molecule has 3 rings (SSSR count). The molecule has 3 unspecified atom stereocenters. The van der Waals surface area contributed by atoms with Crippen LogP contribution in [-0.4, -0.2) is 30.1 Å². The predicted molar refractivity (Wildman–Crippen MR) is 85.1 cm³/mol. The number of benzene rings is 1. The van der Waals surface area contributed by atoms with E-state index >= 15 is 0 Å². The van der Waals surface area contributed by atoms with E-state index in [4.69, 9.17) is 0 Å². The van der Waals surface area contributed by atoms with Gasteiger partial charge in [-0.15, -0.1) is 0 Å². The molecule has 2 heterocycles. The Morgan fingerprint density at radius 2 is 2.00 bits per heavy atom. The van der Waals surface area contributed by atoms with Crippen molar-refractivity contribution >= 4 is 0 Å². The van der Waals surface area contributed by atoms with Crippen LogP contribution < -0.4 is 5.32 Å². The first-order valence-electron chi connectivity index (χ1n) is 8.22. The van der Waals surface area contributed by atoms with Crippen LogP contribution in [0.2, 0.25) is 0 Å². The van der Waals surface area contributed by atoms with Gasteiger partial charge in [-0.3, -0.25) is 4.90 Å². The van der Waals surface area contributed by atoms with Gasteiger partial charge in [0.05, 0.1) is 0 Å². The first-order valence-corrected chi connectivity index (χ1v) is 8.22. The van der Waals surface area contributed by atoms with Crippen molar-refractivity contribution in [2.75, 3.05) is 13.1 Å². The monoisotopic (exact) mass is 272 g/mol. The number of nitrogens with one attached hydrogen (secondary N) is 1. The summed E-state index contributed by atoms with van der Waals surface area (Å²) in [5.41, 5.74) is 4.25. The molecule has 1 aromatic rings. The summed E-state index contributed by atoms with van der Waals surface area (Å²) in [5.74, 6) is 0. The van der Waals surface area contributed by atoms with Crippen molar-refractivity contribution in [3.63, 3.8) is 0 Å². The third-order valence-electron chi connectivity index (χ3n) is 5.22. The summed E-state index contributed by atoms with van der Waals surface area (Å²) in [5, 5.41) is 3.92. The fraction of sp³-hybridized carbons (Fsp3) is 0.667. The van der Waals surface area contributed by atoms with Crippen LogP contribution in [0.3, 0.4) is 0 Å². The maximum absolute atomic E-state index is 3.92. The molecule has 2 heteroatoms. The van der Waals surface area contributed by atoms with E-state index < -0.39 is 0 Å². The predicted octanol–water partition coefficient (Wildman–Crippen LogP) is 3.58. The molecule has 1 aromatic carbocycles. The lowest BCUT2D eigenvalue weighted by Crippen LogP contribution is -2.45. The Kier molecular flexibility index (Phi) is 4.13. The quantitative estimate of drug-likeness (QED) is 0.905. The second kappa shape index (κ2) is 5.87. The van der Waals surface area contributed by atoms with E-state index in [1.54, 1.807) is 0 Å². The van der Waals surface area contributed by atoms with Gasteiger partial charge in [0.1, 0.15) is 0 Å². The molecule has 20 heavy (non-hydrogen) atoms. The highest BCUT2D eigenvalue weighted by atomic mass is 15.2. The molecule has 0 radical (unpaired) electrons. The first-order chi connectivity index (χ1) is 9.65. The Morgan fingerprint density at radius 3 is 2.85 bits per heavy atom. The van der Waals surface area contributed by atoms with Crippen LogP contribution in [0.5, 0.6) is 0 Å². The van der Waals surface area contributed by atoms with Crippen LogP contribution in [0.25, 0.3) is 0 Å². The van der Waals surface area contributed by atoms with E-state index in [1.165, 1.54) is 55.5 Å². The van der Waals surface area contributed by atoms with Gasteiger partial charge in [-0.25, -0.2) is 0 Å². The number of fused-ring (bicyclic) bond motifs is 1. The van der Waals surface area contributed by atoms with E-state index in [9.17, 15) is 0 Å². The molecular weight excluding hydrogens is 244 g/mol. The summed E-state index contributed by atoms with van der Waals surface area (Å²) >= 11 is 0. The summed E-state index contributed by atoms with van der Waals surface area (Å²) in [6.07, 6.45) is 5.52. The van der Waals surface area contributed by atoms with E-state index in [1.807, 2.05) is 0 Å². The van der Waals surface area contributed by atoms with Crippen LogP contribution in [0, 0.1) is 13.8 Å². The Bertz CT molecular complexity index is 468. The van der Waals surface area contributed by atoms with Crippen molar-refractivity contribution < 1.29 is 0 Å². The third-order valence-corrected chi connectivity index (χ3v) is 5.22. The van der Waals surface area contributed by atoms with Gasteiger partial charge in [0.15, 0.2) is 0 Å². The highest BCUT2D eigenvalue weighted by molar-refractivity contribution is 5.32. The fourth-order valence-corrected chi connectivity index (χ4v) is 4.08. The number of hydrogen-bond acceptors (Lipinski definition) is 2. The molecule has 2 fully saturated rings. The largest absolute Gasteiger partial charge is 0.306 e. The van der Waals surface area contributed by atoms with Gasteiger partial charge in [0, 0.05) is 24.7 Å². The lowest BCUT2D eigenvalue weighted by Gasteiger charge is -2.34. The molecule has 1 N–H and O–H groups in total. The molecule has 0 saturated carbocycles. The summed E-state index contributed by atoms with van der Waals surface area (Å²) in [7, 11) is 0. The second-order valence-electron chi connectivity index (χ2n) is 6.74. The van der Waals surface area contributed by atoms with Crippen molar-refractivity contribution in [1.29, 1.82) is 0 Å². The molecule has 3 atom stereocenters. The zero-order chi connectivity index (χ0) is 14.1. The van der Waals surface area contributed by atoms with Gasteiger partial charge in [-0.2, -0.15) is 0 Å². The van der Waals surface area contributed by atoms with Gasteiger partial charge in [-0.1, -0.05) is 30.2 Å². The number of nitrogens with zero attached hydrogens (tertiary/aromatic N) is 1. The average Bonchev–Trinajstić information content (AvgIpc) is 2.85. The molecular formula is C18H28N2. The van der Waals surface area contributed by atoms with E-state index in [0.717, 1.165) is 6.04 Å². The molecule has 0 aliphatic carbocycles. The first kappa shape index (κ1) is 14.1. The maximum Gasteiger partial charge on any atom is 0.0297 e. The number of aryl methyl sites for hydroxylation is 2. The molecule has 2 saturated heterocycles. The maximum atomic E-state index is 3.92. The molecule has 0 aromatic heterocycles. The average molecular weight is 272 g/mol. The van der Waals surface area contributed by atoms with Gasteiger partial charge in [0.25, 0.3) is 0 Å². The van der Waals surface area contributed by atoms with Crippen LogP contribution >= 0.6 is 0 Å². The van der Waals surface area contributed by atoms with Crippen molar-refractivity contribution in [2.24, 2.45) is 0 Å². The van der Waals surface area contributed by atoms with Gasteiger partial charge in [-0.05, 0) is 57.7 Å². The topological polar surface area (TPSA) is 15.3 Å². The zero-order valence-electron chi connectivity index (χ0n) is 13.2. The Morgan fingerprint density at radius 1 is 1.15 bits per heavy atom. The van der Waals surface area contributed by atoms with Gasteiger partial charge >= 0.3 is 0 Å². The highest BCUT2D eigenvalue weighted by Gasteiger charge is 2.35. The van der Waals surface area contributed by atoms with Gasteiger partial charge in [0.2, 0.25) is 0 Å². The van der Waals surface area contributed by atoms with Crippen LogP contribution in [0.15, 0.2) is 18.2 Å². The lowest BCUT2D eigenvalue weighted by atomic mass is 9.95. The highest BCUT2D eigenvalue weighted by Crippen LogP contribution is 2.29. The molecule has 0 spiro atoms. The van der Waals surface area contributed by atoms with Crippen LogP contribution in [-0.2, 0) is 0 Å². The van der Waals surface area contributed by atoms with Crippen molar-refractivity contribution in [3.05, 3.63) is 34.9 Å². The smallest absolute Gasteiger partial charge is 0.0297 e. The van der Waals surface area contributed by atoms with Crippen LogP contribution in [0.1, 0.15) is 55.3 Å². The van der Waals surface area contributed by atoms with Gasteiger partial charge < -0.3 is 5.32 Å². The Balaban J connectivity index is 1.69. The van der Waals surface area contributed by atoms with E-state index in [0.29, 0.717) is 12.1 Å². The van der Waals surface area contributed by atoms with E-state index in [-0.39, 0.29) is 0 Å². The summed E-state index contributed by atoms with van der Waals surface area (Å²) < 4.78 is 0. The standard InChI is InChI=1S/C18H28N2/c1-13-7-8-14(2)16(12-13)15(3)19-17-9-11-20-10-5-4-6-18(17)20/h7-8,12,15,17-19H,4-6,9-11H2,1-3H3. The van der Waals surface area contributed by atoms with Crippen LogP contribution in [0.4, 0.5) is 0 Å². The minimum Gasteiger partial charge on any atom is -0.306 e. The lowest BCUT2D eigenvalue weighted by molar-refractivity contribution is 0.177. The second-order valence-corrected chi connectivity index (χ2v) is 6.74. The number of hydrogen-bond donors (Lipinski definition) is 1. The minimum absolute atomic E-state index is 0.460. The third kappa shape index (κ3) is 2.77. The molecule has 0 amide bonds. The summed E-state index contributed by atoms with van der Waals surface area (Å²) in [6, 6.07) is 8.75. The SMILES string of the molecule is Cc1ccc(C)c(C(C)NC2CCN3CCCCC23)c1. The Hall–Kier alpha value is -0.860. The van der Waals surface area contributed by atoms with Crippen molar-refractivity contribution in [3.8, 4) is 0 Å². The minimum atomic E-state index is 0.460. The van der Waals surface area contributed by atoms with Crippen molar-refractivity contribution in [1.82, 2.24) is 10.2 Å². The Labute approximate surface area is 123 Å². The number of piperidine rings is 1. The number of rotatable bonds is 3. The summed E-state index contributed by atoms with van der Waals surface area (Å²) in [4.78, 5) is 2.71. The molecule has 110 valence electrons.